The molecule has 7 nitrogen and oxygen atoms in total. The maximum Gasteiger partial charge on any atom is 0.255 e. The van der Waals surface area contributed by atoms with Crippen molar-refractivity contribution in [1.29, 1.82) is 0 Å². The number of hydrogen-bond donors (Lipinski definition) is 4. The van der Waals surface area contributed by atoms with Crippen molar-refractivity contribution in [2.45, 2.75) is 20.8 Å². The predicted octanol–water partition coefficient (Wildman–Crippen LogP) is 4.97. The zero-order valence-corrected chi connectivity index (χ0v) is 18.9. The van der Waals surface area contributed by atoms with E-state index in [1.54, 1.807) is 66.7 Å². The molecular formula is C26H28N4O3. The fraction of sp³-hybridized carbons (Fsp3) is 0.192. The molecule has 3 rings (SSSR count). The van der Waals surface area contributed by atoms with Gasteiger partial charge in [-0.15, -0.1) is 0 Å². The summed E-state index contributed by atoms with van der Waals surface area (Å²) in [7, 11) is 0. The number of benzene rings is 3. The highest BCUT2D eigenvalue weighted by molar-refractivity contribution is 6.04. The van der Waals surface area contributed by atoms with Crippen LogP contribution in [0.25, 0.3) is 0 Å². The van der Waals surface area contributed by atoms with Crippen LogP contribution >= 0.6 is 0 Å². The van der Waals surface area contributed by atoms with E-state index in [4.69, 9.17) is 0 Å². The van der Waals surface area contributed by atoms with Crippen LogP contribution in [0.4, 0.5) is 22.7 Å². The van der Waals surface area contributed by atoms with E-state index in [1.807, 2.05) is 32.9 Å². The Kier molecular flexibility index (Phi) is 7.46. The Balaban J connectivity index is 1.54. The van der Waals surface area contributed by atoms with Crippen LogP contribution in [-0.4, -0.2) is 24.3 Å². The largest absolute Gasteiger partial charge is 0.376 e. The van der Waals surface area contributed by atoms with Crippen LogP contribution in [-0.2, 0) is 9.59 Å². The number of anilines is 4. The molecule has 0 aromatic heterocycles. The van der Waals surface area contributed by atoms with Gasteiger partial charge in [0.15, 0.2) is 0 Å². The first-order chi connectivity index (χ1) is 15.7. The summed E-state index contributed by atoms with van der Waals surface area (Å²) in [6, 6.07) is 23.1. The molecule has 4 N–H and O–H groups in total. The van der Waals surface area contributed by atoms with Crippen LogP contribution in [0.15, 0.2) is 78.9 Å². The minimum absolute atomic E-state index is 0.0390. The molecule has 3 aromatic rings. The number of rotatable bonds is 7. The number of amides is 3. The van der Waals surface area contributed by atoms with E-state index in [1.165, 1.54) is 0 Å². The highest BCUT2D eigenvalue weighted by Crippen LogP contribution is 2.20. The Morgan fingerprint density at radius 3 is 1.85 bits per heavy atom. The first-order valence-corrected chi connectivity index (χ1v) is 10.6. The third-order valence-electron chi connectivity index (χ3n) is 4.69. The molecule has 0 aliphatic heterocycles. The molecular weight excluding hydrogens is 416 g/mol. The Morgan fingerprint density at radius 1 is 0.667 bits per heavy atom. The molecule has 0 atom stereocenters. The minimum atomic E-state index is -0.502. The molecule has 3 aromatic carbocycles. The van der Waals surface area contributed by atoms with Crippen LogP contribution in [0.3, 0.4) is 0 Å². The van der Waals surface area contributed by atoms with Crippen molar-refractivity contribution >= 4 is 40.5 Å². The van der Waals surface area contributed by atoms with Crippen LogP contribution in [0.2, 0.25) is 0 Å². The van der Waals surface area contributed by atoms with Crippen LogP contribution in [0, 0.1) is 5.41 Å². The molecule has 0 saturated heterocycles. The van der Waals surface area contributed by atoms with Gasteiger partial charge >= 0.3 is 0 Å². The molecule has 3 amide bonds. The van der Waals surface area contributed by atoms with E-state index in [-0.39, 0.29) is 24.3 Å². The second kappa shape index (κ2) is 10.5. The van der Waals surface area contributed by atoms with E-state index >= 15 is 0 Å². The maximum atomic E-state index is 12.4. The van der Waals surface area contributed by atoms with Crippen molar-refractivity contribution < 1.29 is 14.4 Å². The van der Waals surface area contributed by atoms with Crippen molar-refractivity contribution in [3.8, 4) is 0 Å². The lowest BCUT2D eigenvalue weighted by Gasteiger charge is -2.18. The van der Waals surface area contributed by atoms with Crippen molar-refractivity contribution in [3.63, 3.8) is 0 Å². The average molecular weight is 445 g/mol. The third-order valence-corrected chi connectivity index (χ3v) is 4.69. The zero-order valence-electron chi connectivity index (χ0n) is 18.9. The van der Waals surface area contributed by atoms with Gasteiger partial charge in [-0.1, -0.05) is 51.1 Å². The number of carbonyl (C=O) groups is 3. The summed E-state index contributed by atoms with van der Waals surface area (Å²) in [5, 5.41) is 11.6. The summed E-state index contributed by atoms with van der Waals surface area (Å²) in [6.45, 7) is 5.57. The Bertz CT molecular complexity index is 1140. The molecule has 0 aliphatic carbocycles. The van der Waals surface area contributed by atoms with Gasteiger partial charge in [-0.05, 0) is 48.5 Å². The smallest absolute Gasteiger partial charge is 0.255 e. The van der Waals surface area contributed by atoms with Crippen LogP contribution in [0.1, 0.15) is 31.1 Å². The standard InChI is InChI=1S/C26H28N4O3/c1-26(2,3)25(33)30-22-14-7-11-19(15-22)27-17-23(31)28-20-12-8-13-21(16-20)29-24(32)18-9-5-4-6-10-18/h4-16,27H,17H2,1-3H3,(H,28,31)(H,29,32)(H,30,33). The Labute approximate surface area is 193 Å². The lowest BCUT2D eigenvalue weighted by atomic mass is 9.95. The fourth-order valence-electron chi connectivity index (χ4n) is 2.88. The summed E-state index contributed by atoms with van der Waals surface area (Å²) in [4.78, 5) is 36.9. The van der Waals surface area contributed by atoms with Gasteiger partial charge in [-0.2, -0.15) is 0 Å². The van der Waals surface area contributed by atoms with E-state index in [0.717, 1.165) is 0 Å². The summed E-state index contributed by atoms with van der Waals surface area (Å²) in [5.41, 5.74) is 2.56. The topological polar surface area (TPSA) is 99.3 Å². The molecule has 0 fully saturated rings. The fourth-order valence-corrected chi connectivity index (χ4v) is 2.88. The first kappa shape index (κ1) is 23.5. The monoisotopic (exact) mass is 444 g/mol. The molecule has 7 heteroatoms. The Morgan fingerprint density at radius 2 is 1.21 bits per heavy atom. The summed E-state index contributed by atoms with van der Waals surface area (Å²) in [6.07, 6.45) is 0. The van der Waals surface area contributed by atoms with Crippen LogP contribution in [0.5, 0.6) is 0 Å². The molecule has 170 valence electrons. The van der Waals surface area contributed by atoms with Gasteiger partial charge in [0.1, 0.15) is 0 Å². The maximum absolute atomic E-state index is 12.4. The molecule has 0 radical (unpaired) electrons. The highest BCUT2D eigenvalue weighted by Gasteiger charge is 2.21. The van der Waals surface area contributed by atoms with Crippen LogP contribution < -0.4 is 21.3 Å². The predicted molar refractivity (Wildman–Crippen MR) is 132 cm³/mol. The van der Waals surface area contributed by atoms with Gasteiger partial charge < -0.3 is 21.3 Å². The lowest BCUT2D eigenvalue weighted by molar-refractivity contribution is -0.123. The van der Waals surface area contributed by atoms with Gasteiger partial charge in [-0.25, -0.2) is 0 Å². The first-order valence-electron chi connectivity index (χ1n) is 10.6. The quantitative estimate of drug-likeness (QED) is 0.413. The average Bonchev–Trinajstić information content (AvgIpc) is 2.78. The SMILES string of the molecule is CC(C)(C)C(=O)Nc1cccc(NCC(=O)Nc2cccc(NC(=O)c3ccccc3)c2)c1. The summed E-state index contributed by atoms with van der Waals surface area (Å²) >= 11 is 0. The van der Waals surface area contributed by atoms with Gasteiger partial charge in [-0.3, -0.25) is 14.4 Å². The molecule has 0 bridgehead atoms. The van der Waals surface area contributed by atoms with Crippen molar-refractivity contribution in [2.24, 2.45) is 5.41 Å². The second-order valence-corrected chi connectivity index (χ2v) is 8.59. The van der Waals surface area contributed by atoms with E-state index in [9.17, 15) is 14.4 Å². The summed E-state index contributed by atoms with van der Waals surface area (Å²) < 4.78 is 0. The highest BCUT2D eigenvalue weighted by atomic mass is 16.2. The van der Waals surface area contributed by atoms with Gasteiger partial charge in [0.05, 0.1) is 6.54 Å². The molecule has 33 heavy (non-hydrogen) atoms. The van der Waals surface area contributed by atoms with E-state index in [0.29, 0.717) is 28.3 Å². The number of nitrogens with one attached hydrogen (secondary N) is 4. The van der Waals surface area contributed by atoms with E-state index < -0.39 is 5.41 Å². The Hall–Kier alpha value is -4.13. The normalized spacial score (nSPS) is 10.8. The minimum Gasteiger partial charge on any atom is -0.376 e. The van der Waals surface area contributed by atoms with Crippen molar-refractivity contribution in [3.05, 3.63) is 84.4 Å². The molecule has 0 aliphatic rings. The molecule has 0 spiro atoms. The van der Waals surface area contributed by atoms with Crippen molar-refractivity contribution in [2.75, 3.05) is 27.8 Å². The number of hydrogen-bond acceptors (Lipinski definition) is 4. The molecule has 0 unspecified atom stereocenters. The lowest BCUT2D eigenvalue weighted by Crippen LogP contribution is -2.27. The van der Waals surface area contributed by atoms with Crippen molar-refractivity contribution in [1.82, 2.24) is 0 Å². The van der Waals surface area contributed by atoms with Gasteiger partial charge in [0.25, 0.3) is 5.91 Å². The molecule has 0 saturated carbocycles. The van der Waals surface area contributed by atoms with E-state index in [2.05, 4.69) is 21.3 Å². The zero-order chi connectivity index (χ0) is 23.8. The molecule has 0 heterocycles. The third kappa shape index (κ3) is 7.21. The second-order valence-electron chi connectivity index (χ2n) is 8.59. The summed E-state index contributed by atoms with van der Waals surface area (Å²) in [5.74, 6) is -0.554. The van der Waals surface area contributed by atoms with Gasteiger partial charge in [0, 0.05) is 33.7 Å². The number of carbonyl (C=O) groups excluding carboxylic acids is 3. The van der Waals surface area contributed by atoms with Gasteiger partial charge in [0.2, 0.25) is 11.8 Å².